The number of esters is 1. The van der Waals surface area contributed by atoms with Crippen molar-refractivity contribution in [3.63, 3.8) is 0 Å². The summed E-state index contributed by atoms with van der Waals surface area (Å²) in [5.41, 5.74) is 1.12. The lowest BCUT2D eigenvalue weighted by molar-refractivity contribution is -0.137. The van der Waals surface area contributed by atoms with Crippen molar-refractivity contribution in [2.24, 2.45) is 5.92 Å². The molecule has 0 N–H and O–H groups in total. The highest BCUT2D eigenvalue weighted by molar-refractivity contribution is 8.04. The van der Waals surface area contributed by atoms with Crippen LogP contribution in [0, 0.1) is 5.92 Å². The van der Waals surface area contributed by atoms with E-state index in [2.05, 4.69) is 27.7 Å². The van der Waals surface area contributed by atoms with Gasteiger partial charge in [0.2, 0.25) is 0 Å². The molecule has 15 heavy (non-hydrogen) atoms. The maximum absolute atomic E-state index is 11.7. The molecule has 0 aromatic rings. The Balaban J connectivity index is 4.87. The molecular formula is C12H22O2S. The molecule has 0 bridgehead atoms. The molecule has 0 aromatic carbocycles. The number of carbonyl (C=O) groups is 1. The van der Waals surface area contributed by atoms with Gasteiger partial charge in [0.05, 0.1) is 11.5 Å². The minimum atomic E-state index is -0.178. The second-order valence-corrected chi connectivity index (χ2v) is 5.64. The van der Waals surface area contributed by atoms with E-state index in [0.29, 0.717) is 17.8 Å². The maximum atomic E-state index is 11.7. The van der Waals surface area contributed by atoms with Crippen molar-refractivity contribution in [3.8, 4) is 0 Å². The zero-order valence-electron chi connectivity index (χ0n) is 10.6. The molecule has 0 aliphatic rings. The fourth-order valence-electron chi connectivity index (χ4n) is 0.997. The number of allylic oxidation sites excluding steroid dienone is 1. The Morgan fingerprint density at radius 3 is 2.13 bits per heavy atom. The van der Waals surface area contributed by atoms with Gasteiger partial charge in [-0.25, -0.2) is 4.79 Å². The van der Waals surface area contributed by atoms with E-state index in [-0.39, 0.29) is 5.97 Å². The lowest BCUT2D eigenvalue weighted by Gasteiger charge is -2.15. The van der Waals surface area contributed by atoms with Crippen molar-refractivity contribution in [2.75, 3.05) is 6.61 Å². The van der Waals surface area contributed by atoms with Gasteiger partial charge in [-0.2, -0.15) is 0 Å². The molecule has 0 atom stereocenters. The normalized spacial score (nSPS) is 13.1. The molecule has 88 valence electrons. The van der Waals surface area contributed by atoms with Gasteiger partial charge in [-0.05, 0) is 25.3 Å². The highest BCUT2D eigenvalue weighted by atomic mass is 32.2. The molecule has 0 rings (SSSR count). The first-order chi connectivity index (χ1) is 6.90. The lowest BCUT2D eigenvalue weighted by atomic mass is 10.1. The molecule has 0 aliphatic carbocycles. The monoisotopic (exact) mass is 230 g/mol. The summed E-state index contributed by atoms with van der Waals surface area (Å²) in [6, 6.07) is 0. The van der Waals surface area contributed by atoms with Crippen LogP contribution in [0.3, 0.4) is 0 Å². The molecule has 0 aromatic heterocycles. The minimum Gasteiger partial charge on any atom is -0.462 e. The number of ether oxygens (including phenoxy) is 1. The molecule has 0 aliphatic heterocycles. The van der Waals surface area contributed by atoms with Crippen molar-refractivity contribution in [3.05, 3.63) is 10.5 Å². The minimum absolute atomic E-state index is 0.178. The second kappa shape index (κ2) is 6.94. The summed E-state index contributed by atoms with van der Waals surface area (Å²) in [4.78, 5) is 12.5. The summed E-state index contributed by atoms with van der Waals surface area (Å²) >= 11 is 1.59. The van der Waals surface area contributed by atoms with Crippen molar-refractivity contribution in [2.45, 2.75) is 46.8 Å². The SMILES string of the molecule is CCOC(=O)/C(SC(C)C)=C(\C)C(C)C. The predicted molar refractivity (Wildman–Crippen MR) is 66.9 cm³/mol. The van der Waals surface area contributed by atoms with Crippen LogP contribution < -0.4 is 0 Å². The van der Waals surface area contributed by atoms with Crippen LogP contribution in [0.25, 0.3) is 0 Å². The van der Waals surface area contributed by atoms with Gasteiger partial charge in [-0.3, -0.25) is 0 Å². The van der Waals surface area contributed by atoms with Crippen molar-refractivity contribution in [1.82, 2.24) is 0 Å². The molecule has 0 heterocycles. The topological polar surface area (TPSA) is 26.3 Å². The molecule has 0 spiro atoms. The number of carbonyl (C=O) groups excluding carboxylic acids is 1. The smallest absolute Gasteiger partial charge is 0.344 e. The van der Waals surface area contributed by atoms with Gasteiger partial charge in [0.15, 0.2) is 0 Å². The van der Waals surface area contributed by atoms with Gasteiger partial charge in [0.25, 0.3) is 0 Å². The van der Waals surface area contributed by atoms with Crippen LogP contribution in [0.15, 0.2) is 10.5 Å². The predicted octanol–water partition coefficient (Wildman–Crippen LogP) is 3.62. The Kier molecular flexibility index (Phi) is 6.73. The highest BCUT2D eigenvalue weighted by Gasteiger charge is 2.17. The molecule has 0 radical (unpaired) electrons. The molecule has 0 amide bonds. The van der Waals surface area contributed by atoms with E-state index < -0.39 is 0 Å². The number of hydrogen-bond acceptors (Lipinski definition) is 3. The van der Waals surface area contributed by atoms with Crippen LogP contribution >= 0.6 is 11.8 Å². The van der Waals surface area contributed by atoms with Crippen LogP contribution in [0.1, 0.15) is 41.5 Å². The third-order valence-corrected chi connectivity index (χ3v) is 3.23. The molecular weight excluding hydrogens is 208 g/mol. The van der Waals surface area contributed by atoms with E-state index in [9.17, 15) is 4.79 Å². The average Bonchev–Trinajstić information content (AvgIpc) is 2.13. The van der Waals surface area contributed by atoms with Crippen molar-refractivity contribution < 1.29 is 9.53 Å². The van der Waals surface area contributed by atoms with Crippen molar-refractivity contribution in [1.29, 1.82) is 0 Å². The van der Waals surface area contributed by atoms with Gasteiger partial charge in [0, 0.05) is 5.25 Å². The largest absolute Gasteiger partial charge is 0.462 e. The van der Waals surface area contributed by atoms with Gasteiger partial charge >= 0.3 is 5.97 Å². The third kappa shape index (κ3) is 5.26. The average molecular weight is 230 g/mol. The Bertz CT molecular complexity index is 242. The third-order valence-electron chi connectivity index (χ3n) is 2.04. The summed E-state index contributed by atoms with van der Waals surface area (Å²) < 4.78 is 5.06. The standard InChI is InChI=1S/C12H22O2S/c1-7-14-12(13)11(15-9(4)5)10(6)8(2)3/h8-9H,7H2,1-6H3/b11-10-. The Morgan fingerprint density at radius 2 is 1.80 bits per heavy atom. The van der Waals surface area contributed by atoms with Crippen molar-refractivity contribution >= 4 is 17.7 Å². The zero-order chi connectivity index (χ0) is 12.0. The van der Waals surface area contributed by atoms with Gasteiger partial charge in [-0.1, -0.05) is 27.7 Å². The van der Waals surface area contributed by atoms with Crippen LogP contribution in [0.5, 0.6) is 0 Å². The van der Waals surface area contributed by atoms with Gasteiger partial charge in [-0.15, -0.1) is 11.8 Å². The number of thioether (sulfide) groups is 1. The van der Waals surface area contributed by atoms with Crippen LogP contribution in [-0.2, 0) is 9.53 Å². The first-order valence-corrected chi connectivity index (χ1v) is 6.32. The summed E-state index contributed by atoms with van der Waals surface area (Å²) in [5, 5.41) is 0.401. The van der Waals surface area contributed by atoms with E-state index in [4.69, 9.17) is 4.74 Å². The number of rotatable bonds is 5. The van der Waals surface area contributed by atoms with Gasteiger partial charge in [0.1, 0.15) is 0 Å². The molecule has 2 nitrogen and oxygen atoms in total. The summed E-state index contributed by atoms with van der Waals surface area (Å²) in [7, 11) is 0. The maximum Gasteiger partial charge on any atom is 0.344 e. The summed E-state index contributed by atoms with van der Waals surface area (Å²) in [5.74, 6) is 0.207. The summed E-state index contributed by atoms with van der Waals surface area (Å²) in [6.45, 7) is 12.6. The second-order valence-electron chi connectivity index (χ2n) is 4.05. The fraction of sp³-hybridized carbons (Fsp3) is 0.750. The van der Waals surface area contributed by atoms with E-state index in [1.54, 1.807) is 11.8 Å². The zero-order valence-corrected chi connectivity index (χ0v) is 11.4. The number of hydrogen-bond donors (Lipinski definition) is 0. The van der Waals surface area contributed by atoms with Crippen LogP contribution in [0.4, 0.5) is 0 Å². The highest BCUT2D eigenvalue weighted by Crippen LogP contribution is 2.28. The van der Waals surface area contributed by atoms with Gasteiger partial charge < -0.3 is 4.74 Å². The Morgan fingerprint density at radius 1 is 1.27 bits per heavy atom. The first kappa shape index (κ1) is 14.6. The first-order valence-electron chi connectivity index (χ1n) is 5.44. The molecule has 3 heteroatoms. The van der Waals surface area contributed by atoms with E-state index in [1.165, 1.54) is 0 Å². The quantitative estimate of drug-likeness (QED) is 0.533. The summed E-state index contributed by atoms with van der Waals surface area (Å²) in [6.07, 6.45) is 0. The van der Waals surface area contributed by atoms with E-state index in [1.807, 2.05) is 13.8 Å². The Labute approximate surface area is 97.5 Å². The van der Waals surface area contributed by atoms with Crippen LogP contribution in [0.2, 0.25) is 0 Å². The van der Waals surface area contributed by atoms with E-state index >= 15 is 0 Å². The van der Waals surface area contributed by atoms with E-state index in [0.717, 1.165) is 10.5 Å². The molecule has 0 unspecified atom stereocenters. The lowest BCUT2D eigenvalue weighted by Crippen LogP contribution is -2.11. The molecule has 0 saturated heterocycles. The molecule has 0 saturated carbocycles. The fourth-order valence-corrected chi connectivity index (χ4v) is 2.04. The van der Waals surface area contributed by atoms with Crippen LogP contribution in [-0.4, -0.2) is 17.8 Å². The molecule has 0 fully saturated rings. The Hall–Kier alpha value is -0.440.